The summed E-state index contributed by atoms with van der Waals surface area (Å²) < 4.78 is 0. The Balaban J connectivity index is 1.60. The summed E-state index contributed by atoms with van der Waals surface area (Å²) in [6.07, 6.45) is 8.62. The molecular weight excluding hydrogens is 284 g/mol. The molecular formula is C21H34O2. The zero-order chi connectivity index (χ0) is 16.5. The van der Waals surface area contributed by atoms with E-state index >= 15 is 0 Å². The van der Waals surface area contributed by atoms with E-state index in [1.54, 1.807) is 0 Å². The van der Waals surface area contributed by atoms with Crippen molar-refractivity contribution in [1.29, 1.82) is 0 Å². The van der Waals surface area contributed by atoms with Crippen LogP contribution in [0.2, 0.25) is 0 Å². The molecule has 0 aromatic heterocycles. The molecule has 130 valence electrons. The van der Waals surface area contributed by atoms with Gasteiger partial charge in [0.25, 0.3) is 0 Å². The molecule has 2 N–H and O–H groups in total. The third-order valence-corrected chi connectivity index (χ3v) is 11.1. The van der Waals surface area contributed by atoms with Crippen molar-refractivity contribution in [2.45, 2.75) is 78.7 Å². The van der Waals surface area contributed by atoms with Crippen LogP contribution in [0, 0.1) is 44.8 Å². The smallest absolute Gasteiger partial charge is 0.0621 e. The van der Waals surface area contributed by atoms with Gasteiger partial charge in [0.15, 0.2) is 0 Å². The number of hydrogen-bond donors (Lipinski definition) is 2. The number of fused-ring (bicyclic) bond motifs is 1. The molecule has 0 amide bonds. The number of rotatable bonds is 1. The Bertz CT molecular complexity index is 574. The van der Waals surface area contributed by atoms with Gasteiger partial charge in [-0.15, -0.1) is 0 Å². The maximum Gasteiger partial charge on any atom is 0.0621 e. The van der Waals surface area contributed by atoms with Gasteiger partial charge in [0.05, 0.1) is 12.7 Å². The van der Waals surface area contributed by atoms with Crippen molar-refractivity contribution in [2.24, 2.45) is 44.8 Å². The molecule has 0 saturated heterocycles. The first-order valence-electron chi connectivity index (χ1n) is 9.96. The van der Waals surface area contributed by atoms with Crippen LogP contribution >= 0.6 is 0 Å². The van der Waals surface area contributed by atoms with E-state index in [-0.39, 0.29) is 29.0 Å². The summed E-state index contributed by atoms with van der Waals surface area (Å²) in [7, 11) is 0. The van der Waals surface area contributed by atoms with Crippen LogP contribution in [0.3, 0.4) is 0 Å². The third kappa shape index (κ3) is 1.33. The molecule has 6 saturated carbocycles. The molecule has 6 aliphatic carbocycles. The van der Waals surface area contributed by atoms with Gasteiger partial charge in [-0.25, -0.2) is 0 Å². The average molecular weight is 319 g/mol. The summed E-state index contributed by atoms with van der Waals surface area (Å²) >= 11 is 0. The predicted octanol–water partition coefficient (Wildman–Crippen LogP) is 4.00. The Morgan fingerprint density at radius 2 is 1.74 bits per heavy atom. The molecule has 0 heterocycles. The molecule has 0 aromatic rings. The van der Waals surface area contributed by atoms with Gasteiger partial charge in [-0.1, -0.05) is 27.7 Å². The Morgan fingerprint density at radius 1 is 1.00 bits per heavy atom. The number of hydrogen-bond acceptors (Lipinski definition) is 2. The van der Waals surface area contributed by atoms with Gasteiger partial charge in [0.1, 0.15) is 0 Å². The van der Waals surface area contributed by atoms with E-state index in [1.807, 2.05) is 0 Å². The lowest BCUT2D eigenvalue weighted by molar-refractivity contribution is -0.256. The van der Waals surface area contributed by atoms with Gasteiger partial charge in [-0.3, -0.25) is 0 Å². The summed E-state index contributed by atoms with van der Waals surface area (Å²) in [5, 5.41) is 21.0. The van der Waals surface area contributed by atoms with Crippen molar-refractivity contribution in [3.63, 3.8) is 0 Å². The SMILES string of the molecule is CC12CC34CCC5(C)C(C)(CO)C(O)CCC5(C)C3CC1C2C4. The van der Waals surface area contributed by atoms with Crippen LogP contribution < -0.4 is 0 Å². The second kappa shape index (κ2) is 3.85. The van der Waals surface area contributed by atoms with Gasteiger partial charge >= 0.3 is 0 Å². The Morgan fingerprint density at radius 3 is 2.35 bits per heavy atom. The topological polar surface area (TPSA) is 40.5 Å². The van der Waals surface area contributed by atoms with Crippen LogP contribution in [0.25, 0.3) is 0 Å². The predicted molar refractivity (Wildman–Crippen MR) is 90.7 cm³/mol. The van der Waals surface area contributed by atoms with E-state index in [0.29, 0.717) is 10.8 Å². The highest BCUT2D eigenvalue weighted by Crippen LogP contribution is 2.87. The normalized spacial score (nSPS) is 69.1. The second-order valence-corrected chi connectivity index (χ2v) is 11.1. The van der Waals surface area contributed by atoms with E-state index in [2.05, 4.69) is 27.7 Å². The summed E-state index contributed by atoms with van der Waals surface area (Å²) in [5.74, 6) is 2.84. The van der Waals surface area contributed by atoms with E-state index < -0.39 is 0 Å². The van der Waals surface area contributed by atoms with Crippen LogP contribution in [-0.2, 0) is 0 Å². The molecule has 4 bridgehead atoms. The zero-order valence-electron chi connectivity index (χ0n) is 15.4. The first kappa shape index (κ1) is 15.2. The van der Waals surface area contributed by atoms with E-state index in [1.165, 1.54) is 32.1 Å². The van der Waals surface area contributed by atoms with Crippen LogP contribution in [0.5, 0.6) is 0 Å². The quantitative estimate of drug-likeness (QED) is 0.767. The summed E-state index contributed by atoms with van der Waals surface area (Å²) in [4.78, 5) is 0. The fourth-order valence-electron chi connectivity index (χ4n) is 9.13. The fourth-order valence-corrected chi connectivity index (χ4v) is 9.13. The van der Waals surface area contributed by atoms with Gasteiger partial charge in [-0.2, -0.15) is 0 Å². The van der Waals surface area contributed by atoms with Crippen LogP contribution in [0.4, 0.5) is 0 Å². The minimum Gasteiger partial charge on any atom is -0.396 e. The standard InChI is InChI=1S/C21H34O2/c1-17-11-21-8-7-20(4)18(2,6-5-16(23)19(20,3)12-22)15(21)9-13(17)14(17)10-21/h13-16,22-23H,5-12H2,1-4H3. The lowest BCUT2D eigenvalue weighted by Gasteiger charge is -2.71. The monoisotopic (exact) mass is 318 g/mol. The Hall–Kier alpha value is -0.0800. The maximum absolute atomic E-state index is 10.8. The van der Waals surface area contributed by atoms with Crippen molar-refractivity contribution in [2.75, 3.05) is 6.61 Å². The lowest BCUT2D eigenvalue weighted by Crippen LogP contribution is -2.67. The summed E-state index contributed by atoms with van der Waals surface area (Å²) in [6.45, 7) is 9.81. The number of aliphatic hydroxyl groups is 2. The van der Waals surface area contributed by atoms with Gasteiger partial charge in [0, 0.05) is 5.41 Å². The first-order chi connectivity index (χ1) is 10.7. The molecule has 2 nitrogen and oxygen atoms in total. The van der Waals surface area contributed by atoms with Crippen LogP contribution in [0.1, 0.15) is 72.6 Å². The molecule has 0 aromatic carbocycles. The molecule has 0 radical (unpaired) electrons. The fraction of sp³-hybridized carbons (Fsp3) is 1.00. The third-order valence-electron chi connectivity index (χ3n) is 11.1. The zero-order valence-corrected chi connectivity index (χ0v) is 15.4. The first-order valence-corrected chi connectivity index (χ1v) is 9.96. The van der Waals surface area contributed by atoms with Gasteiger partial charge in [0.2, 0.25) is 0 Å². The minimum absolute atomic E-state index is 0.0655. The molecule has 1 spiro atoms. The molecule has 2 heteroatoms. The highest BCUT2D eigenvalue weighted by Gasteiger charge is 2.80. The van der Waals surface area contributed by atoms with E-state index in [9.17, 15) is 10.2 Å². The molecule has 6 aliphatic rings. The Kier molecular flexibility index (Phi) is 2.54. The van der Waals surface area contributed by atoms with Crippen molar-refractivity contribution in [1.82, 2.24) is 0 Å². The van der Waals surface area contributed by atoms with Crippen LogP contribution in [0.15, 0.2) is 0 Å². The lowest BCUT2D eigenvalue weighted by atomic mass is 9.34. The maximum atomic E-state index is 10.8. The molecule has 6 rings (SSSR count). The Labute approximate surface area is 141 Å². The highest BCUT2D eigenvalue weighted by molar-refractivity contribution is 5.28. The second-order valence-electron chi connectivity index (χ2n) is 11.1. The van der Waals surface area contributed by atoms with Crippen molar-refractivity contribution < 1.29 is 10.2 Å². The molecule has 0 aliphatic heterocycles. The summed E-state index contributed by atoms with van der Waals surface area (Å²) in [5.41, 5.74) is 1.30. The van der Waals surface area contributed by atoms with E-state index in [0.717, 1.165) is 30.6 Å². The van der Waals surface area contributed by atoms with Crippen molar-refractivity contribution in [3.8, 4) is 0 Å². The molecule has 9 atom stereocenters. The molecule has 6 fully saturated rings. The molecule has 9 unspecified atom stereocenters. The van der Waals surface area contributed by atoms with E-state index in [4.69, 9.17) is 0 Å². The van der Waals surface area contributed by atoms with Gasteiger partial charge in [-0.05, 0) is 84.4 Å². The highest BCUT2D eigenvalue weighted by atomic mass is 16.3. The average Bonchev–Trinajstić information content (AvgIpc) is 2.98. The number of aliphatic hydroxyl groups excluding tert-OH is 2. The van der Waals surface area contributed by atoms with Crippen molar-refractivity contribution >= 4 is 0 Å². The van der Waals surface area contributed by atoms with Crippen molar-refractivity contribution in [3.05, 3.63) is 0 Å². The van der Waals surface area contributed by atoms with Gasteiger partial charge < -0.3 is 10.2 Å². The minimum atomic E-state index is -0.344. The summed E-state index contributed by atoms with van der Waals surface area (Å²) in [6, 6.07) is 0. The van der Waals surface area contributed by atoms with Crippen LogP contribution in [-0.4, -0.2) is 22.9 Å². The molecule has 23 heavy (non-hydrogen) atoms. The largest absolute Gasteiger partial charge is 0.396 e.